The van der Waals surface area contributed by atoms with Crippen molar-refractivity contribution in [3.8, 4) is 0 Å². The molecule has 0 amide bonds. The summed E-state index contributed by atoms with van der Waals surface area (Å²) >= 11 is 0. The smallest absolute Gasteiger partial charge is 0.243 e. The maximum absolute atomic E-state index is 13.8. The van der Waals surface area contributed by atoms with Crippen molar-refractivity contribution in [2.24, 2.45) is 0 Å². The van der Waals surface area contributed by atoms with Crippen LogP contribution in [0.3, 0.4) is 0 Å². The standard InChI is InChI=1S/C31H39N3O4S2.ClH/c1-5-6-7-27-20-28-16-18-33(39(35,36)30-12-8-24(2)9-13-30)22-26(4)23-34(19-17-29(21-27)32-28)40(37,38)31-14-10-25(3)11-15-31;/h8-15,20-21H,4-7,16-19,22-23H2,1-3H3;1H. The molecule has 10 heteroatoms. The summed E-state index contributed by atoms with van der Waals surface area (Å²) < 4.78 is 57.8. The number of fused-ring (bicyclic) bond motifs is 2. The van der Waals surface area contributed by atoms with Crippen LogP contribution in [0.25, 0.3) is 0 Å². The quantitative estimate of drug-likeness (QED) is 0.327. The van der Waals surface area contributed by atoms with Crippen LogP contribution in [0.2, 0.25) is 0 Å². The first-order chi connectivity index (χ1) is 19.0. The fourth-order valence-electron chi connectivity index (χ4n) is 4.81. The molecule has 2 aromatic carbocycles. The third kappa shape index (κ3) is 8.26. The first kappa shape index (κ1) is 32.9. The van der Waals surface area contributed by atoms with Gasteiger partial charge in [0.2, 0.25) is 20.0 Å². The molecule has 0 spiro atoms. The predicted molar refractivity (Wildman–Crippen MR) is 167 cm³/mol. The predicted octanol–water partition coefficient (Wildman–Crippen LogP) is 5.50. The molecule has 0 fully saturated rings. The van der Waals surface area contributed by atoms with E-state index in [1.807, 2.05) is 13.8 Å². The van der Waals surface area contributed by atoms with Gasteiger partial charge in [0.25, 0.3) is 0 Å². The zero-order chi connectivity index (χ0) is 28.9. The fraction of sp³-hybridized carbons (Fsp3) is 0.387. The van der Waals surface area contributed by atoms with Gasteiger partial charge in [-0.05, 0) is 74.2 Å². The van der Waals surface area contributed by atoms with Crippen LogP contribution in [0.15, 0.2) is 82.6 Å². The molecule has 2 bridgehead atoms. The van der Waals surface area contributed by atoms with E-state index in [0.717, 1.165) is 47.3 Å². The van der Waals surface area contributed by atoms with Crippen molar-refractivity contribution in [3.05, 3.63) is 101 Å². The second kappa shape index (κ2) is 14.1. The van der Waals surface area contributed by atoms with Crippen LogP contribution in [0.5, 0.6) is 0 Å². The van der Waals surface area contributed by atoms with Crippen molar-refractivity contribution in [1.29, 1.82) is 0 Å². The molecule has 0 saturated heterocycles. The normalized spacial score (nSPS) is 15.9. The lowest BCUT2D eigenvalue weighted by molar-refractivity contribution is 0.401. The van der Waals surface area contributed by atoms with Crippen LogP contribution in [0, 0.1) is 13.8 Å². The van der Waals surface area contributed by atoms with Gasteiger partial charge < -0.3 is 0 Å². The molecule has 2 heterocycles. The van der Waals surface area contributed by atoms with Gasteiger partial charge in [-0.25, -0.2) is 16.8 Å². The molecule has 4 rings (SSSR count). The van der Waals surface area contributed by atoms with Gasteiger partial charge in [0.15, 0.2) is 0 Å². The average Bonchev–Trinajstić information content (AvgIpc) is 2.91. The highest BCUT2D eigenvalue weighted by atomic mass is 35.5. The van der Waals surface area contributed by atoms with Crippen LogP contribution in [0.4, 0.5) is 0 Å². The molecule has 0 N–H and O–H groups in total. The minimum atomic E-state index is -3.85. The van der Waals surface area contributed by atoms with Gasteiger partial charge in [0.05, 0.1) is 9.79 Å². The van der Waals surface area contributed by atoms with E-state index in [4.69, 9.17) is 4.98 Å². The van der Waals surface area contributed by atoms with E-state index in [9.17, 15) is 16.8 Å². The molecule has 0 aliphatic carbocycles. The van der Waals surface area contributed by atoms with Gasteiger partial charge in [0.1, 0.15) is 0 Å². The highest BCUT2D eigenvalue weighted by molar-refractivity contribution is 7.89. The van der Waals surface area contributed by atoms with Crippen LogP contribution in [-0.2, 0) is 39.3 Å². The Morgan fingerprint density at radius 3 is 1.56 bits per heavy atom. The lowest BCUT2D eigenvalue weighted by atomic mass is 10.1. The second-order valence-electron chi connectivity index (χ2n) is 10.6. The van der Waals surface area contributed by atoms with Crippen molar-refractivity contribution in [3.63, 3.8) is 0 Å². The van der Waals surface area contributed by atoms with Gasteiger partial charge in [-0.15, -0.1) is 12.4 Å². The zero-order valence-electron chi connectivity index (χ0n) is 24.0. The molecule has 0 atom stereocenters. The van der Waals surface area contributed by atoms with Crippen molar-refractivity contribution in [2.75, 3.05) is 26.2 Å². The first-order valence-electron chi connectivity index (χ1n) is 13.8. The Hall–Kier alpha value is -2.56. The lowest BCUT2D eigenvalue weighted by Crippen LogP contribution is -2.40. The molecule has 1 aliphatic heterocycles. The molecule has 222 valence electrons. The molecular formula is C31H40ClN3O4S2. The summed E-state index contributed by atoms with van der Waals surface area (Å²) in [5.74, 6) is 0. The van der Waals surface area contributed by atoms with E-state index in [0.29, 0.717) is 18.4 Å². The van der Waals surface area contributed by atoms with Gasteiger partial charge in [-0.2, -0.15) is 8.61 Å². The Morgan fingerprint density at radius 2 is 1.17 bits per heavy atom. The summed E-state index contributed by atoms with van der Waals surface area (Å²) in [7, 11) is -7.70. The van der Waals surface area contributed by atoms with Gasteiger partial charge in [-0.1, -0.05) is 55.3 Å². The largest absolute Gasteiger partial charge is 0.258 e. The summed E-state index contributed by atoms with van der Waals surface area (Å²) in [5, 5.41) is 0. The van der Waals surface area contributed by atoms with Crippen LogP contribution >= 0.6 is 12.4 Å². The molecule has 1 aromatic heterocycles. The fourth-order valence-corrected chi connectivity index (χ4v) is 7.74. The molecule has 3 aromatic rings. The van der Waals surface area contributed by atoms with Gasteiger partial charge in [-0.3, -0.25) is 4.98 Å². The summed E-state index contributed by atoms with van der Waals surface area (Å²) in [6.45, 7) is 10.5. The first-order valence-corrected chi connectivity index (χ1v) is 16.7. The number of hydrogen-bond donors (Lipinski definition) is 0. The minimum absolute atomic E-state index is 0. The Bertz CT molecular complexity index is 1450. The number of aromatic nitrogens is 1. The minimum Gasteiger partial charge on any atom is -0.258 e. The number of unbranched alkanes of at least 4 members (excludes halogenated alkanes) is 1. The van der Waals surface area contributed by atoms with E-state index in [1.54, 1.807) is 48.5 Å². The Labute approximate surface area is 251 Å². The maximum Gasteiger partial charge on any atom is 0.243 e. The molecule has 41 heavy (non-hydrogen) atoms. The number of nitrogens with zero attached hydrogens (tertiary/aromatic N) is 3. The van der Waals surface area contributed by atoms with Gasteiger partial charge in [0, 0.05) is 50.4 Å². The highest BCUT2D eigenvalue weighted by Gasteiger charge is 2.29. The van der Waals surface area contributed by atoms with Crippen LogP contribution in [-0.4, -0.2) is 56.6 Å². The second-order valence-corrected chi connectivity index (χ2v) is 14.5. The lowest BCUT2D eigenvalue weighted by Gasteiger charge is -2.28. The van der Waals surface area contributed by atoms with E-state index < -0.39 is 20.0 Å². The Balaban J connectivity index is 0.00000462. The van der Waals surface area contributed by atoms with E-state index >= 15 is 0 Å². The third-order valence-electron chi connectivity index (χ3n) is 7.16. The van der Waals surface area contributed by atoms with Crippen LogP contribution < -0.4 is 0 Å². The molecular weight excluding hydrogens is 578 g/mol. The third-order valence-corrected chi connectivity index (χ3v) is 10.9. The zero-order valence-corrected chi connectivity index (χ0v) is 26.5. The Morgan fingerprint density at radius 1 is 0.756 bits per heavy atom. The highest BCUT2D eigenvalue weighted by Crippen LogP contribution is 2.23. The Kier molecular flexibility index (Phi) is 11.3. The van der Waals surface area contributed by atoms with Crippen molar-refractivity contribution in [2.45, 2.75) is 62.7 Å². The van der Waals surface area contributed by atoms with Crippen molar-refractivity contribution >= 4 is 32.5 Å². The van der Waals surface area contributed by atoms with E-state index in [1.165, 1.54) is 8.61 Å². The monoisotopic (exact) mass is 617 g/mol. The number of benzene rings is 2. The summed E-state index contributed by atoms with van der Waals surface area (Å²) in [4.78, 5) is 5.23. The average molecular weight is 618 g/mol. The van der Waals surface area contributed by atoms with E-state index in [2.05, 4.69) is 25.6 Å². The maximum atomic E-state index is 13.8. The van der Waals surface area contributed by atoms with Crippen molar-refractivity contribution < 1.29 is 16.8 Å². The molecule has 1 aliphatic rings. The summed E-state index contributed by atoms with van der Waals surface area (Å²) in [5.41, 5.74) is 5.21. The number of rotatable bonds is 7. The number of pyridine rings is 1. The topological polar surface area (TPSA) is 87.7 Å². The van der Waals surface area contributed by atoms with Crippen molar-refractivity contribution in [1.82, 2.24) is 13.6 Å². The molecule has 7 nitrogen and oxygen atoms in total. The SMILES string of the molecule is C=C1CN(S(=O)(=O)c2ccc(C)cc2)CCc2cc(CCCC)cc(n2)CCN(S(=O)(=O)c2ccc(C)cc2)C1.Cl. The van der Waals surface area contributed by atoms with Crippen LogP contribution in [0.1, 0.15) is 47.8 Å². The summed E-state index contributed by atoms with van der Waals surface area (Å²) in [6.07, 6.45) is 3.89. The molecule has 0 unspecified atom stereocenters. The van der Waals surface area contributed by atoms with E-state index in [-0.39, 0.29) is 48.4 Å². The molecule has 0 radical (unpaired) electrons. The number of aryl methyl sites for hydroxylation is 3. The number of hydrogen-bond acceptors (Lipinski definition) is 5. The molecule has 0 saturated carbocycles. The summed E-state index contributed by atoms with van der Waals surface area (Å²) in [6, 6.07) is 17.7. The number of halogens is 1. The van der Waals surface area contributed by atoms with Gasteiger partial charge >= 0.3 is 0 Å². The number of sulfonamides is 2.